The van der Waals surface area contributed by atoms with E-state index in [-0.39, 0.29) is 5.91 Å². The van der Waals surface area contributed by atoms with E-state index in [1.54, 1.807) is 18.2 Å². The summed E-state index contributed by atoms with van der Waals surface area (Å²) in [6.45, 7) is 3.95. The van der Waals surface area contributed by atoms with Crippen LogP contribution in [0.15, 0.2) is 24.4 Å². The second kappa shape index (κ2) is 6.28. The molecule has 2 heterocycles. The zero-order chi connectivity index (χ0) is 15.7. The molecule has 1 aromatic heterocycles. The van der Waals surface area contributed by atoms with Gasteiger partial charge in [0, 0.05) is 30.3 Å². The first kappa shape index (κ1) is 15.3. The third-order valence-corrected chi connectivity index (χ3v) is 4.58. The molecule has 0 aliphatic carbocycles. The Balaban J connectivity index is 1.64. The summed E-state index contributed by atoms with van der Waals surface area (Å²) in [6.07, 6.45) is 1.82. The van der Waals surface area contributed by atoms with Crippen LogP contribution in [0, 0.1) is 0 Å². The number of anilines is 1. The highest BCUT2D eigenvalue weighted by Gasteiger charge is 2.25. The molecule has 2 N–H and O–H groups in total. The summed E-state index contributed by atoms with van der Waals surface area (Å²) in [5, 5.41) is 10.7. The Kier molecular flexibility index (Phi) is 4.38. The fourth-order valence-electron chi connectivity index (χ4n) is 2.77. The van der Waals surface area contributed by atoms with Crippen molar-refractivity contribution in [3.8, 4) is 0 Å². The normalized spacial score (nSPS) is 18.0. The van der Waals surface area contributed by atoms with Gasteiger partial charge >= 0.3 is 0 Å². The summed E-state index contributed by atoms with van der Waals surface area (Å²) < 4.78 is 0. The molecule has 22 heavy (non-hydrogen) atoms. The van der Waals surface area contributed by atoms with Crippen molar-refractivity contribution in [3.63, 3.8) is 0 Å². The third-order valence-electron chi connectivity index (χ3n) is 3.76. The van der Waals surface area contributed by atoms with Gasteiger partial charge in [-0.05, 0) is 12.1 Å². The molecule has 1 aliphatic heterocycles. The van der Waals surface area contributed by atoms with Crippen molar-refractivity contribution in [1.82, 2.24) is 15.1 Å². The highest BCUT2D eigenvalue weighted by Crippen LogP contribution is 2.30. The van der Waals surface area contributed by atoms with Crippen molar-refractivity contribution in [2.75, 3.05) is 18.4 Å². The predicted octanol–water partition coefficient (Wildman–Crippen LogP) is 3.27. The van der Waals surface area contributed by atoms with Gasteiger partial charge in [-0.1, -0.05) is 36.2 Å². The number of H-pyrrole nitrogens is 1. The van der Waals surface area contributed by atoms with Gasteiger partial charge in [-0.15, -0.1) is 0 Å². The molecule has 1 aliphatic rings. The number of hydrogen-bond donors (Lipinski definition) is 2. The number of fused-ring (bicyclic) bond motifs is 1. The lowest BCUT2D eigenvalue weighted by atomic mass is 9.98. The van der Waals surface area contributed by atoms with Gasteiger partial charge in [0.2, 0.25) is 5.91 Å². The minimum Gasteiger partial charge on any atom is -0.324 e. The average molecular weight is 339 g/mol. The van der Waals surface area contributed by atoms with Gasteiger partial charge in [0.05, 0.1) is 28.5 Å². The molecule has 1 amide bonds. The van der Waals surface area contributed by atoms with E-state index in [1.807, 2.05) is 6.20 Å². The molecular weight excluding hydrogens is 323 g/mol. The van der Waals surface area contributed by atoms with Gasteiger partial charge < -0.3 is 5.32 Å². The zero-order valence-electron chi connectivity index (χ0n) is 12.1. The molecule has 0 saturated heterocycles. The van der Waals surface area contributed by atoms with E-state index in [0.717, 1.165) is 17.8 Å². The molecule has 5 nitrogen and oxygen atoms in total. The standard InChI is InChI=1S/C15H16Cl2N4O/c1-9-6-21(7-10-5-18-20-15(9)10)8-13(22)19-12-4-2-3-11(16)14(12)17/h2-5,9H,6-8H2,1H3,(H,18,20)(H,19,22). The van der Waals surface area contributed by atoms with E-state index in [4.69, 9.17) is 23.2 Å². The fourth-order valence-corrected chi connectivity index (χ4v) is 3.12. The number of rotatable bonds is 3. The Labute approximate surface area is 138 Å². The molecule has 0 saturated carbocycles. The van der Waals surface area contributed by atoms with Crippen LogP contribution in [0.2, 0.25) is 10.0 Å². The number of carbonyl (C=O) groups is 1. The van der Waals surface area contributed by atoms with Gasteiger partial charge in [-0.2, -0.15) is 5.10 Å². The number of carbonyl (C=O) groups excluding carboxylic acids is 1. The van der Waals surface area contributed by atoms with E-state index >= 15 is 0 Å². The minimum absolute atomic E-state index is 0.108. The van der Waals surface area contributed by atoms with Gasteiger partial charge in [0.25, 0.3) is 0 Å². The maximum atomic E-state index is 12.2. The van der Waals surface area contributed by atoms with Gasteiger partial charge in [0.1, 0.15) is 0 Å². The number of aromatic nitrogens is 2. The number of nitrogens with one attached hydrogen (secondary N) is 2. The Morgan fingerprint density at radius 2 is 2.32 bits per heavy atom. The molecule has 0 fully saturated rings. The van der Waals surface area contributed by atoms with Crippen molar-refractivity contribution in [1.29, 1.82) is 0 Å². The van der Waals surface area contributed by atoms with Crippen LogP contribution in [-0.4, -0.2) is 34.1 Å². The molecule has 1 atom stereocenters. The molecule has 3 rings (SSSR count). The van der Waals surface area contributed by atoms with E-state index in [2.05, 4.69) is 27.3 Å². The quantitative estimate of drug-likeness (QED) is 0.902. The molecule has 2 aromatic rings. The van der Waals surface area contributed by atoms with Crippen molar-refractivity contribution in [2.45, 2.75) is 19.4 Å². The van der Waals surface area contributed by atoms with Crippen LogP contribution >= 0.6 is 23.2 Å². The first-order chi connectivity index (χ1) is 10.5. The highest BCUT2D eigenvalue weighted by molar-refractivity contribution is 6.43. The number of hydrogen-bond acceptors (Lipinski definition) is 3. The summed E-state index contributed by atoms with van der Waals surface area (Å²) in [7, 11) is 0. The van der Waals surface area contributed by atoms with Crippen LogP contribution in [0.1, 0.15) is 24.1 Å². The number of nitrogens with zero attached hydrogens (tertiary/aromatic N) is 2. The zero-order valence-corrected chi connectivity index (χ0v) is 13.6. The topological polar surface area (TPSA) is 61.0 Å². The molecule has 1 aromatic carbocycles. The molecule has 116 valence electrons. The molecule has 0 radical (unpaired) electrons. The maximum absolute atomic E-state index is 12.2. The number of benzene rings is 1. The molecule has 0 bridgehead atoms. The SMILES string of the molecule is CC1CN(CC(=O)Nc2cccc(Cl)c2Cl)Cc2cn[nH]c21. The summed E-state index contributed by atoms with van der Waals surface area (Å²) in [6, 6.07) is 5.18. The maximum Gasteiger partial charge on any atom is 0.238 e. The van der Waals surface area contributed by atoms with Gasteiger partial charge in [-0.25, -0.2) is 0 Å². The average Bonchev–Trinajstić information content (AvgIpc) is 2.93. The smallest absolute Gasteiger partial charge is 0.238 e. The van der Waals surface area contributed by atoms with E-state index < -0.39 is 0 Å². The number of halogens is 2. The Bertz CT molecular complexity index is 701. The van der Waals surface area contributed by atoms with Crippen LogP contribution < -0.4 is 5.32 Å². The van der Waals surface area contributed by atoms with Crippen molar-refractivity contribution in [3.05, 3.63) is 45.7 Å². The van der Waals surface area contributed by atoms with Crippen LogP contribution in [0.3, 0.4) is 0 Å². The predicted molar refractivity (Wildman–Crippen MR) is 87.4 cm³/mol. The van der Waals surface area contributed by atoms with Gasteiger partial charge in [-0.3, -0.25) is 14.8 Å². The summed E-state index contributed by atoms with van der Waals surface area (Å²) in [5.74, 6) is 0.220. The second-order valence-corrected chi connectivity index (χ2v) is 6.31. The van der Waals surface area contributed by atoms with E-state index in [1.165, 1.54) is 0 Å². The summed E-state index contributed by atoms with van der Waals surface area (Å²) in [5.41, 5.74) is 2.84. The van der Waals surface area contributed by atoms with E-state index in [9.17, 15) is 4.79 Å². The van der Waals surface area contributed by atoms with Crippen molar-refractivity contribution >= 4 is 34.8 Å². The van der Waals surface area contributed by atoms with E-state index in [0.29, 0.717) is 34.7 Å². The lowest BCUT2D eigenvalue weighted by Gasteiger charge is -2.29. The molecule has 0 spiro atoms. The first-order valence-electron chi connectivity index (χ1n) is 7.03. The van der Waals surface area contributed by atoms with Crippen LogP contribution in [-0.2, 0) is 11.3 Å². The van der Waals surface area contributed by atoms with Crippen LogP contribution in [0.5, 0.6) is 0 Å². The monoisotopic (exact) mass is 338 g/mol. The molecular formula is C15H16Cl2N4O. The van der Waals surface area contributed by atoms with Crippen LogP contribution in [0.25, 0.3) is 0 Å². The summed E-state index contributed by atoms with van der Waals surface area (Å²) >= 11 is 12.0. The second-order valence-electron chi connectivity index (χ2n) is 5.53. The minimum atomic E-state index is -0.108. The van der Waals surface area contributed by atoms with Gasteiger partial charge in [0.15, 0.2) is 0 Å². The molecule has 1 unspecified atom stereocenters. The highest BCUT2D eigenvalue weighted by atomic mass is 35.5. The largest absolute Gasteiger partial charge is 0.324 e. The summed E-state index contributed by atoms with van der Waals surface area (Å²) in [4.78, 5) is 14.3. The lowest BCUT2D eigenvalue weighted by Crippen LogP contribution is -2.38. The number of aromatic amines is 1. The van der Waals surface area contributed by atoms with Crippen molar-refractivity contribution < 1.29 is 4.79 Å². The lowest BCUT2D eigenvalue weighted by molar-refractivity contribution is -0.117. The Morgan fingerprint density at radius 1 is 1.50 bits per heavy atom. The van der Waals surface area contributed by atoms with Crippen molar-refractivity contribution in [2.24, 2.45) is 0 Å². The Morgan fingerprint density at radius 3 is 3.14 bits per heavy atom. The third kappa shape index (κ3) is 3.11. The molecule has 7 heteroatoms. The first-order valence-corrected chi connectivity index (χ1v) is 7.78. The van der Waals surface area contributed by atoms with Crippen LogP contribution in [0.4, 0.5) is 5.69 Å². The number of amides is 1. The Hall–Kier alpha value is -1.56. The fraction of sp³-hybridized carbons (Fsp3) is 0.333.